The van der Waals surface area contributed by atoms with Gasteiger partial charge < -0.3 is 14.8 Å². The highest BCUT2D eigenvalue weighted by molar-refractivity contribution is 6.30. The predicted molar refractivity (Wildman–Crippen MR) is 127 cm³/mol. The van der Waals surface area contributed by atoms with Crippen molar-refractivity contribution in [1.82, 2.24) is 25.0 Å². The quantitative estimate of drug-likeness (QED) is 0.460. The lowest BCUT2D eigenvalue weighted by Crippen LogP contribution is -2.25. The van der Waals surface area contributed by atoms with Crippen LogP contribution in [0.15, 0.2) is 48.7 Å². The highest BCUT2D eigenvalue weighted by atomic mass is 35.5. The number of ether oxygens (including phenoxy) is 2. The highest BCUT2D eigenvalue weighted by Gasteiger charge is 2.33. The van der Waals surface area contributed by atoms with Gasteiger partial charge in [-0.2, -0.15) is 14.9 Å². The summed E-state index contributed by atoms with van der Waals surface area (Å²) >= 11 is 6.00. The van der Waals surface area contributed by atoms with Gasteiger partial charge in [-0.15, -0.1) is 5.10 Å². The van der Waals surface area contributed by atoms with E-state index in [0.29, 0.717) is 28.0 Å². The first-order valence-corrected chi connectivity index (χ1v) is 10.9. The molecule has 2 aromatic carbocycles. The SMILES string of the molecule is COc1ccc([C@@H]2CC(=O)Nc3c2c(C)nn3-c2nncc(-c3ccc(Cl)cc3)n2)cc1OC. The smallest absolute Gasteiger partial charge is 0.272 e. The fourth-order valence-corrected chi connectivity index (χ4v) is 4.32. The van der Waals surface area contributed by atoms with E-state index in [1.165, 1.54) is 4.68 Å². The zero-order valence-corrected chi connectivity index (χ0v) is 19.5. The van der Waals surface area contributed by atoms with Gasteiger partial charge in [0, 0.05) is 28.5 Å². The molecule has 1 atom stereocenters. The van der Waals surface area contributed by atoms with Crippen LogP contribution in [0.2, 0.25) is 5.02 Å². The molecule has 0 unspecified atom stereocenters. The summed E-state index contributed by atoms with van der Waals surface area (Å²) in [6.45, 7) is 1.90. The molecule has 1 aliphatic rings. The van der Waals surface area contributed by atoms with E-state index < -0.39 is 0 Å². The van der Waals surface area contributed by atoms with Crippen LogP contribution in [-0.4, -0.2) is 45.1 Å². The van der Waals surface area contributed by atoms with Gasteiger partial charge in [0.15, 0.2) is 11.5 Å². The Kier molecular flexibility index (Phi) is 5.62. The third kappa shape index (κ3) is 3.84. The maximum absolute atomic E-state index is 12.7. The number of aromatic nitrogens is 5. The predicted octanol–water partition coefficient (Wildman–Crippen LogP) is 4.18. The second-order valence-electron chi connectivity index (χ2n) is 7.83. The van der Waals surface area contributed by atoms with Gasteiger partial charge in [-0.1, -0.05) is 29.8 Å². The van der Waals surface area contributed by atoms with Gasteiger partial charge in [-0.3, -0.25) is 4.79 Å². The summed E-state index contributed by atoms with van der Waals surface area (Å²) in [7, 11) is 3.17. The number of halogens is 1. The van der Waals surface area contributed by atoms with Crippen LogP contribution in [0.1, 0.15) is 29.2 Å². The first kappa shape index (κ1) is 21.8. The Labute approximate surface area is 200 Å². The number of aryl methyl sites for hydroxylation is 1. The average Bonchev–Trinajstić information content (AvgIpc) is 3.19. The van der Waals surface area contributed by atoms with Crippen molar-refractivity contribution in [2.45, 2.75) is 19.3 Å². The van der Waals surface area contributed by atoms with E-state index in [4.69, 9.17) is 21.1 Å². The molecule has 0 bridgehead atoms. The molecule has 0 saturated heterocycles. The molecule has 4 aromatic rings. The minimum Gasteiger partial charge on any atom is -0.493 e. The third-order valence-electron chi connectivity index (χ3n) is 5.79. The van der Waals surface area contributed by atoms with E-state index in [1.807, 2.05) is 37.3 Å². The number of hydrogen-bond acceptors (Lipinski definition) is 7. The van der Waals surface area contributed by atoms with Crippen molar-refractivity contribution in [2.24, 2.45) is 0 Å². The summed E-state index contributed by atoms with van der Waals surface area (Å²) in [5.41, 5.74) is 4.03. The number of amides is 1. The summed E-state index contributed by atoms with van der Waals surface area (Å²) in [5.74, 6) is 1.66. The van der Waals surface area contributed by atoms with Crippen LogP contribution in [0.25, 0.3) is 17.2 Å². The van der Waals surface area contributed by atoms with Gasteiger partial charge in [-0.05, 0) is 36.8 Å². The molecule has 0 fully saturated rings. The van der Waals surface area contributed by atoms with Crippen molar-refractivity contribution in [1.29, 1.82) is 0 Å². The molecule has 1 amide bonds. The Balaban J connectivity index is 1.59. The number of fused-ring (bicyclic) bond motifs is 1. The van der Waals surface area contributed by atoms with Gasteiger partial charge in [-0.25, -0.2) is 4.98 Å². The van der Waals surface area contributed by atoms with Crippen molar-refractivity contribution in [3.63, 3.8) is 0 Å². The summed E-state index contributed by atoms with van der Waals surface area (Å²) in [6, 6.07) is 12.9. The van der Waals surface area contributed by atoms with Crippen LogP contribution in [-0.2, 0) is 4.79 Å². The van der Waals surface area contributed by atoms with Crippen LogP contribution in [0.4, 0.5) is 5.82 Å². The number of rotatable bonds is 5. The van der Waals surface area contributed by atoms with E-state index in [2.05, 4.69) is 25.6 Å². The number of methoxy groups -OCH3 is 2. The first-order chi connectivity index (χ1) is 16.5. The molecule has 0 saturated carbocycles. The number of hydrogen-bond donors (Lipinski definition) is 1. The van der Waals surface area contributed by atoms with Gasteiger partial charge >= 0.3 is 0 Å². The molecule has 0 radical (unpaired) electrons. The monoisotopic (exact) mass is 476 g/mol. The Bertz CT molecular complexity index is 1390. The molecular weight excluding hydrogens is 456 g/mol. The fourth-order valence-electron chi connectivity index (χ4n) is 4.19. The summed E-state index contributed by atoms with van der Waals surface area (Å²) in [6.07, 6.45) is 1.85. The van der Waals surface area contributed by atoms with Crippen molar-refractivity contribution in [3.8, 4) is 28.7 Å². The number of anilines is 1. The third-order valence-corrected chi connectivity index (χ3v) is 6.04. The highest BCUT2D eigenvalue weighted by Crippen LogP contribution is 2.42. The number of nitrogens with one attached hydrogen (secondary N) is 1. The minimum absolute atomic E-state index is 0.129. The van der Waals surface area contributed by atoms with E-state index >= 15 is 0 Å². The van der Waals surface area contributed by atoms with E-state index in [9.17, 15) is 4.79 Å². The molecular formula is C24H21ClN6O3. The second kappa shape index (κ2) is 8.75. The molecule has 172 valence electrons. The van der Waals surface area contributed by atoms with Crippen LogP contribution in [0, 0.1) is 6.92 Å². The molecule has 2 aromatic heterocycles. The Morgan fingerprint density at radius 2 is 1.85 bits per heavy atom. The maximum Gasteiger partial charge on any atom is 0.272 e. The molecule has 5 rings (SSSR count). The Hall–Kier alpha value is -3.98. The first-order valence-electron chi connectivity index (χ1n) is 10.6. The van der Waals surface area contributed by atoms with Crippen molar-refractivity contribution in [2.75, 3.05) is 19.5 Å². The van der Waals surface area contributed by atoms with E-state index in [-0.39, 0.29) is 24.2 Å². The maximum atomic E-state index is 12.7. The zero-order chi connectivity index (χ0) is 23.8. The normalized spacial score (nSPS) is 14.9. The molecule has 9 nitrogen and oxygen atoms in total. The van der Waals surface area contributed by atoms with Gasteiger partial charge in [0.25, 0.3) is 5.95 Å². The molecule has 1 N–H and O–H groups in total. The largest absolute Gasteiger partial charge is 0.493 e. The molecule has 3 heterocycles. The van der Waals surface area contributed by atoms with Crippen LogP contribution in [0.3, 0.4) is 0 Å². The molecule has 10 heteroatoms. The van der Waals surface area contributed by atoms with Gasteiger partial charge in [0.1, 0.15) is 5.82 Å². The molecule has 0 aliphatic carbocycles. The molecule has 0 spiro atoms. The van der Waals surface area contributed by atoms with Gasteiger partial charge in [0.05, 0.1) is 31.8 Å². The number of carbonyl (C=O) groups excluding carboxylic acids is 1. The van der Waals surface area contributed by atoms with Crippen LogP contribution < -0.4 is 14.8 Å². The Morgan fingerprint density at radius 1 is 1.09 bits per heavy atom. The molecule has 34 heavy (non-hydrogen) atoms. The number of carbonyl (C=O) groups is 1. The lowest BCUT2D eigenvalue weighted by Gasteiger charge is -2.24. The standard InChI is InChI=1S/C24H21ClN6O3/c1-13-22-17(15-6-9-19(33-2)20(10-15)34-3)11-21(32)28-23(22)31(30-13)24-27-18(12-26-29-24)14-4-7-16(25)8-5-14/h4-10,12,17H,11H2,1-3H3,(H,28,32)/t17-/m0/s1. The van der Waals surface area contributed by atoms with E-state index in [1.54, 1.807) is 32.5 Å². The van der Waals surface area contributed by atoms with Crippen LogP contribution in [0.5, 0.6) is 11.5 Å². The topological polar surface area (TPSA) is 104 Å². The summed E-state index contributed by atoms with van der Waals surface area (Å²) in [5, 5.41) is 16.5. The Morgan fingerprint density at radius 3 is 2.59 bits per heavy atom. The van der Waals surface area contributed by atoms with Crippen molar-refractivity contribution < 1.29 is 14.3 Å². The number of nitrogens with zero attached hydrogens (tertiary/aromatic N) is 5. The van der Waals surface area contributed by atoms with Gasteiger partial charge in [0.2, 0.25) is 5.91 Å². The van der Waals surface area contributed by atoms with E-state index in [0.717, 1.165) is 22.4 Å². The zero-order valence-electron chi connectivity index (χ0n) is 18.7. The fraction of sp³-hybridized carbons (Fsp3) is 0.208. The lowest BCUT2D eigenvalue weighted by atomic mass is 9.85. The average molecular weight is 477 g/mol. The number of benzene rings is 2. The molecule has 1 aliphatic heterocycles. The van der Waals surface area contributed by atoms with Crippen molar-refractivity contribution >= 4 is 23.3 Å². The lowest BCUT2D eigenvalue weighted by molar-refractivity contribution is -0.116. The minimum atomic E-state index is -0.218. The summed E-state index contributed by atoms with van der Waals surface area (Å²) < 4.78 is 12.4. The second-order valence-corrected chi connectivity index (χ2v) is 8.26. The summed E-state index contributed by atoms with van der Waals surface area (Å²) in [4.78, 5) is 17.4. The van der Waals surface area contributed by atoms with Crippen molar-refractivity contribution in [3.05, 3.63) is 70.5 Å². The van der Waals surface area contributed by atoms with Crippen LogP contribution >= 0.6 is 11.6 Å².